The van der Waals surface area contributed by atoms with Crippen LogP contribution >= 0.6 is 0 Å². The summed E-state index contributed by atoms with van der Waals surface area (Å²) < 4.78 is 20.8. The number of carbonyl (C=O) groups excluding carboxylic acids is 1. The van der Waals surface area contributed by atoms with Crippen molar-refractivity contribution in [3.8, 4) is 0 Å². The van der Waals surface area contributed by atoms with E-state index in [0.29, 0.717) is 0 Å². The van der Waals surface area contributed by atoms with E-state index in [1.807, 2.05) is 0 Å². The standard InChI is InChI=1S/C18H32O16/c19-1-5(22)9(23)10(24)6(2-20)33-18-16(30)14(28)12(26)8(34-18)4-31-17-15(29)13(27)11(25)7(3-21)32-17/h2,5-19,21-30H,1,3-4H2/t5-,6+,7-,8-,9-,10-,11-,12-,13+,14+,15-,16-,17?,18?/m1/s1. The Kier molecular flexibility index (Phi) is 11.1. The number of hydrogen-bond acceptors (Lipinski definition) is 16. The number of rotatable bonds is 11. The van der Waals surface area contributed by atoms with Crippen molar-refractivity contribution in [1.82, 2.24) is 0 Å². The predicted molar refractivity (Wildman–Crippen MR) is 102 cm³/mol. The molecule has 11 N–H and O–H groups in total. The first-order valence-electron chi connectivity index (χ1n) is 10.4. The molecule has 16 nitrogen and oxygen atoms in total. The molecule has 0 amide bonds. The molecule has 2 saturated heterocycles. The molecule has 0 saturated carbocycles. The topological polar surface area (TPSA) is 277 Å². The van der Waals surface area contributed by atoms with Gasteiger partial charge in [0.15, 0.2) is 18.9 Å². The van der Waals surface area contributed by atoms with Gasteiger partial charge in [-0.1, -0.05) is 0 Å². The maximum Gasteiger partial charge on any atom is 0.187 e. The van der Waals surface area contributed by atoms with Crippen LogP contribution in [0.25, 0.3) is 0 Å². The summed E-state index contributed by atoms with van der Waals surface area (Å²) in [6.45, 7) is -2.33. The SMILES string of the molecule is O=C[C@H](OC1O[C@H](COC2O[C@H](CO)[C@@H](O)[C@H](O)[C@H]2O)[C@@H](O)[C@H](O)[C@H]1O)[C@@H](O)[C@H](O)[C@H](O)CO. The van der Waals surface area contributed by atoms with E-state index < -0.39 is 106 Å². The Labute approximate surface area is 192 Å². The van der Waals surface area contributed by atoms with Gasteiger partial charge in [0.2, 0.25) is 0 Å². The van der Waals surface area contributed by atoms with Gasteiger partial charge in [-0.25, -0.2) is 0 Å². The van der Waals surface area contributed by atoms with Gasteiger partial charge < -0.3 is 79.9 Å². The van der Waals surface area contributed by atoms with E-state index in [1.165, 1.54) is 0 Å². The van der Waals surface area contributed by atoms with Crippen LogP contribution in [-0.4, -0.2) is 168 Å². The lowest BCUT2D eigenvalue weighted by atomic mass is 9.98. The normalized spacial score (nSPS) is 42.6. The number of aldehydes is 1. The fourth-order valence-corrected chi connectivity index (χ4v) is 3.44. The van der Waals surface area contributed by atoms with E-state index >= 15 is 0 Å². The highest BCUT2D eigenvalue weighted by atomic mass is 16.7. The van der Waals surface area contributed by atoms with E-state index in [9.17, 15) is 55.9 Å². The van der Waals surface area contributed by atoms with Gasteiger partial charge in [-0.2, -0.15) is 0 Å². The van der Waals surface area contributed by atoms with Crippen molar-refractivity contribution in [2.75, 3.05) is 19.8 Å². The Bertz CT molecular complexity index is 623. The Balaban J connectivity index is 2.05. The Morgan fingerprint density at radius 1 is 0.735 bits per heavy atom. The zero-order chi connectivity index (χ0) is 25.7. The molecular formula is C18H32O16. The molecule has 2 fully saturated rings. The number of hydrogen-bond donors (Lipinski definition) is 11. The highest BCUT2D eigenvalue weighted by molar-refractivity contribution is 5.57. The second kappa shape index (κ2) is 12.9. The molecule has 0 aromatic carbocycles. The summed E-state index contributed by atoms with van der Waals surface area (Å²) in [6.07, 6.45) is -24.9. The molecule has 2 heterocycles. The van der Waals surface area contributed by atoms with Gasteiger partial charge in [-0.15, -0.1) is 0 Å². The van der Waals surface area contributed by atoms with Crippen molar-refractivity contribution in [1.29, 1.82) is 0 Å². The minimum Gasteiger partial charge on any atom is -0.394 e. The van der Waals surface area contributed by atoms with Crippen molar-refractivity contribution < 1.29 is 79.9 Å². The van der Waals surface area contributed by atoms with Crippen LogP contribution in [0.1, 0.15) is 0 Å². The molecule has 2 rings (SSSR count). The number of ether oxygens (including phenoxy) is 4. The van der Waals surface area contributed by atoms with Gasteiger partial charge >= 0.3 is 0 Å². The fraction of sp³-hybridized carbons (Fsp3) is 0.944. The lowest BCUT2D eigenvalue weighted by molar-refractivity contribution is -0.337. The first kappa shape index (κ1) is 29.3. The van der Waals surface area contributed by atoms with Gasteiger partial charge in [0.05, 0.1) is 19.8 Å². The van der Waals surface area contributed by atoms with E-state index in [4.69, 9.17) is 24.1 Å². The number of aliphatic hydroxyl groups is 11. The largest absolute Gasteiger partial charge is 0.394 e. The molecule has 0 spiro atoms. The average molecular weight is 504 g/mol. The monoisotopic (exact) mass is 504 g/mol. The van der Waals surface area contributed by atoms with Crippen molar-refractivity contribution in [3.63, 3.8) is 0 Å². The molecule has 0 aromatic heterocycles. The summed E-state index contributed by atoms with van der Waals surface area (Å²) in [4.78, 5) is 11.3. The van der Waals surface area contributed by atoms with E-state index in [2.05, 4.69) is 0 Å². The summed E-state index contributed by atoms with van der Waals surface area (Å²) in [5.74, 6) is 0. The third kappa shape index (κ3) is 6.44. The summed E-state index contributed by atoms with van der Waals surface area (Å²) in [6, 6.07) is 0. The smallest absolute Gasteiger partial charge is 0.187 e. The molecule has 2 unspecified atom stereocenters. The maximum atomic E-state index is 11.3. The highest BCUT2D eigenvalue weighted by Crippen LogP contribution is 2.27. The van der Waals surface area contributed by atoms with Crippen LogP contribution in [0.2, 0.25) is 0 Å². The molecule has 2 aliphatic rings. The summed E-state index contributed by atoms with van der Waals surface area (Å²) in [7, 11) is 0. The van der Waals surface area contributed by atoms with Gasteiger partial charge in [-0.3, -0.25) is 0 Å². The molecule has 0 radical (unpaired) electrons. The zero-order valence-electron chi connectivity index (χ0n) is 17.7. The average Bonchev–Trinajstić information content (AvgIpc) is 2.84. The maximum absolute atomic E-state index is 11.3. The van der Waals surface area contributed by atoms with E-state index in [0.717, 1.165) is 0 Å². The van der Waals surface area contributed by atoms with Crippen LogP contribution < -0.4 is 0 Å². The lowest BCUT2D eigenvalue weighted by Gasteiger charge is -2.43. The van der Waals surface area contributed by atoms with Gasteiger partial charge in [0, 0.05) is 0 Å². The van der Waals surface area contributed by atoms with Crippen LogP contribution in [0.3, 0.4) is 0 Å². The molecule has 2 aliphatic heterocycles. The van der Waals surface area contributed by atoms with Crippen LogP contribution in [-0.2, 0) is 23.7 Å². The van der Waals surface area contributed by atoms with Crippen molar-refractivity contribution in [3.05, 3.63) is 0 Å². The second-order valence-electron chi connectivity index (χ2n) is 8.01. The van der Waals surface area contributed by atoms with Crippen molar-refractivity contribution in [2.45, 2.75) is 85.8 Å². The van der Waals surface area contributed by atoms with E-state index in [1.54, 1.807) is 0 Å². The van der Waals surface area contributed by atoms with Gasteiger partial charge in [0.1, 0.15) is 73.2 Å². The minimum atomic E-state index is -2.08. The van der Waals surface area contributed by atoms with E-state index in [-0.39, 0.29) is 6.29 Å². The first-order chi connectivity index (χ1) is 16.0. The van der Waals surface area contributed by atoms with Crippen LogP contribution in [0.15, 0.2) is 0 Å². The zero-order valence-corrected chi connectivity index (χ0v) is 17.7. The molecule has 16 heteroatoms. The molecule has 200 valence electrons. The number of aliphatic hydroxyl groups excluding tert-OH is 11. The quantitative estimate of drug-likeness (QED) is 0.117. The molecule has 0 bridgehead atoms. The third-order valence-electron chi connectivity index (χ3n) is 5.63. The fourth-order valence-electron chi connectivity index (χ4n) is 3.44. The highest BCUT2D eigenvalue weighted by Gasteiger charge is 2.48. The molecule has 0 aromatic rings. The van der Waals surface area contributed by atoms with Crippen LogP contribution in [0.4, 0.5) is 0 Å². The summed E-state index contributed by atoms with van der Waals surface area (Å²) in [5.41, 5.74) is 0. The van der Waals surface area contributed by atoms with Gasteiger partial charge in [-0.05, 0) is 0 Å². The molecular weight excluding hydrogens is 472 g/mol. The molecule has 14 atom stereocenters. The number of carbonyl (C=O) groups is 1. The summed E-state index contributed by atoms with van der Waals surface area (Å²) in [5, 5.41) is 107. The molecule has 0 aliphatic carbocycles. The Morgan fingerprint density at radius 3 is 1.79 bits per heavy atom. The van der Waals surface area contributed by atoms with Crippen LogP contribution in [0.5, 0.6) is 0 Å². The Hall–Kier alpha value is -0.930. The second-order valence-corrected chi connectivity index (χ2v) is 8.01. The lowest BCUT2D eigenvalue weighted by Crippen LogP contribution is -2.62. The Morgan fingerprint density at radius 2 is 1.26 bits per heavy atom. The molecule has 34 heavy (non-hydrogen) atoms. The van der Waals surface area contributed by atoms with Crippen LogP contribution in [0, 0.1) is 0 Å². The van der Waals surface area contributed by atoms with Gasteiger partial charge in [0.25, 0.3) is 0 Å². The van der Waals surface area contributed by atoms with Crippen molar-refractivity contribution in [2.24, 2.45) is 0 Å². The minimum absolute atomic E-state index is 0.00490. The summed E-state index contributed by atoms with van der Waals surface area (Å²) >= 11 is 0. The first-order valence-corrected chi connectivity index (χ1v) is 10.4. The predicted octanol–water partition coefficient (Wildman–Crippen LogP) is -7.73. The van der Waals surface area contributed by atoms with Crippen molar-refractivity contribution >= 4 is 6.29 Å². The third-order valence-corrected chi connectivity index (χ3v) is 5.63.